The Morgan fingerprint density at radius 1 is 1.27 bits per heavy atom. The molecule has 0 aliphatic rings. The monoisotopic (exact) mass is 220 g/mol. The normalized spacial score (nSPS) is 10.1. The van der Waals surface area contributed by atoms with E-state index in [1.807, 2.05) is 35.7 Å². The fourth-order valence-electron chi connectivity index (χ4n) is 1.33. The third-order valence-electron chi connectivity index (χ3n) is 2.07. The largest absolute Gasteiger partial charge is 0.385 e. The molecule has 1 heterocycles. The lowest BCUT2D eigenvalue weighted by Crippen LogP contribution is -2.06. The van der Waals surface area contributed by atoms with E-state index in [-0.39, 0.29) is 4.87 Å². The zero-order chi connectivity index (χ0) is 10.5. The van der Waals surface area contributed by atoms with E-state index in [4.69, 9.17) is 0 Å². The zero-order valence-corrected chi connectivity index (χ0v) is 9.01. The van der Waals surface area contributed by atoms with Crippen LogP contribution in [0.3, 0.4) is 0 Å². The molecule has 0 atom stereocenters. The van der Waals surface area contributed by atoms with Gasteiger partial charge in [0.15, 0.2) is 0 Å². The van der Waals surface area contributed by atoms with Crippen LogP contribution in [0.25, 0.3) is 0 Å². The first kappa shape index (κ1) is 9.98. The second-order valence-corrected chi connectivity index (χ2v) is 4.06. The molecule has 15 heavy (non-hydrogen) atoms. The molecule has 0 fully saturated rings. The molecular formula is C11H12N2OS. The Morgan fingerprint density at radius 2 is 2.07 bits per heavy atom. The van der Waals surface area contributed by atoms with Gasteiger partial charge in [-0.05, 0) is 12.1 Å². The molecule has 0 bridgehead atoms. The standard InChI is InChI=1S/C11H12N2OS/c14-11-13-10(8-15-11)6-7-12-9-4-2-1-3-5-9/h1-5,8,12H,6-7H2,(H,13,14). The van der Waals surface area contributed by atoms with Gasteiger partial charge in [0.1, 0.15) is 0 Å². The molecule has 2 rings (SSSR count). The Hall–Kier alpha value is -1.55. The number of aromatic nitrogens is 1. The number of benzene rings is 1. The number of nitrogens with one attached hydrogen (secondary N) is 2. The number of hydrogen-bond acceptors (Lipinski definition) is 3. The SMILES string of the molecule is O=c1[nH]c(CCNc2ccccc2)cs1. The van der Waals surface area contributed by atoms with Crippen molar-refractivity contribution in [1.82, 2.24) is 4.98 Å². The van der Waals surface area contributed by atoms with Crippen LogP contribution in [0.4, 0.5) is 5.69 Å². The van der Waals surface area contributed by atoms with Crippen molar-refractivity contribution >= 4 is 17.0 Å². The molecular weight excluding hydrogens is 208 g/mol. The predicted octanol–water partition coefficient (Wildman–Crippen LogP) is 2.09. The second kappa shape index (κ2) is 4.79. The fourth-order valence-corrected chi connectivity index (χ4v) is 1.95. The highest BCUT2D eigenvalue weighted by Crippen LogP contribution is 2.05. The maximum atomic E-state index is 10.9. The van der Waals surface area contributed by atoms with E-state index < -0.39 is 0 Å². The van der Waals surface area contributed by atoms with Gasteiger partial charge in [0, 0.05) is 29.7 Å². The Balaban J connectivity index is 1.83. The van der Waals surface area contributed by atoms with Gasteiger partial charge in [-0.25, -0.2) is 0 Å². The van der Waals surface area contributed by atoms with Crippen molar-refractivity contribution in [1.29, 1.82) is 0 Å². The second-order valence-electron chi connectivity index (χ2n) is 3.22. The van der Waals surface area contributed by atoms with Gasteiger partial charge in [-0.15, -0.1) is 0 Å². The third kappa shape index (κ3) is 2.95. The smallest absolute Gasteiger partial charge is 0.304 e. The number of hydrogen-bond donors (Lipinski definition) is 2. The molecule has 3 nitrogen and oxygen atoms in total. The molecule has 0 spiro atoms. The highest BCUT2D eigenvalue weighted by Gasteiger charge is 1.96. The average Bonchev–Trinajstić information content (AvgIpc) is 2.66. The minimum atomic E-state index is 0.0183. The van der Waals surface area contributed by atoms with Crippen molar-refractivity contribution in [3.63, 3.8) is 0 Å². The van der Waals surface area contributed by atoms with Crippen LogP contribution >= 0.6 is 11.3 Å². The zero-order valence-electron chi connectivity index (χ0n) is 8.19. The number of rotatable bonds is 4. The van der Waals surface area contributed by atoms with E-state index in [2.05, 4.69) is 10.3 Å². The summed E-state index contributed by atoms with van der Waals surface area (Å²) < 4.78 is 0. The van der Waals surface area contributed by atoms with E-state index in [0.29, 0.717) is 0 Å². The number of anilines is 1. The summed E-state index contributed by atoms with van der Waals surface area (Å²) in [6.07, 6.45) is 0.841. The Morgan fingerprint density at radius 3 is 2.73 bits per heavy atom. The molecule has 0 saturated heterocycles. The fraction of sp³-hybridized carbons (Fsp3) is 0.182. The van der Waals surface area contributed by atoms with Crippen LogP contribution in [0.1, 0.15) is 5.69 Å². The highest BCUT2D eigenvalue weighted by atomic mass is 32.1. The maximum Gasteiger partial charge on any atom is 0.304 e. The van der Waals surface area contributed by atoms with Crippen LogP contribution in [0.5, 0.6) is 0 Å². The number of H-pyrrole nitrogens is 1. The number of thiazole rings is 1. The Bertz CT molecular complexity index is 461. The number of para-hydroxylation sites is 1. The first-order valence-electron chi connectivity index (χ1n) is 4.80. The van der Waals surface area contributed by atoms with Crippen LogP contribution < -0.4 is 10.2 Å². The molecule has 0 unspecified atom stereocenters. The molecule has 1 aromatic carbocycles. The van der Waals surface area contributed by atoms with Crippen molar-refractivity contribution in [2.45, 2.75) is 6.42 Å². The quantitative estimate of drug-likeness (QED) is 0.828. The average molecular weight is 220 g/mol. The summed E-state index contributed by atoms with van der Waals surface area (Å²) in [7, 11) is 0. The summed E-state index contributed by atoms with van der Waals surface area (Å²) in [6.45, 7) is 0.830. The van der Waals surface area contributed by atoms with Gasteiger partial charge in [0.2, 0.25) is 0 Å². The van der Waals surface area contributed by atoms with Crippen LogP contribution in [0, 0.1) is 0 Å². The molecule has 0 aliphatic heterocycles. The summed E-state index contributed by atoms with van der Waals surface area (Å²) >= 11 is 1.21. The van der Waals surface area contributed by atoms with Gasteiger partial charge in [-0.3, -0.25) is 4.79 Å². The molecule has 1 aromatic heterocycles. The third-order valence-corrected chi connectivity index (χ3v) is 2.79. The summed E-state index contributed by atoms with van der Waals surface area (Å²) in [5.74, 6) is 0. The predicted molar refractivity (Wildman–Crippen MR) is 63.6 cm³/mol. The minimum absolute atomic E-state index is 0.0183. The first-order chi connectivity index (χ1) is 7.34. The Labute approximate surface area is 91.8 Å². The van der Waals surface area contributed by atoms with E-state index in [9.17, 15) is 4.79 Å². The van der Waals surface area contributed by atoms with Gasteiger partial charge in [-0.2, -0.15) is 0 Å². The molecule has 4 heteroatoms. The summed E-state index contributed by atoms with van der Waals surface area (Å²) in [5.41, 5.74) is 2.10. The molecule has 2 N–H and O–H groups in total. The summed E-state index contributed by atoms with van der Waals surface area (Å²) in [5, 5.41) is 5.16. The van der Waals surface area contributed by atoms with Crippen molar-refractivity contribution in [2.24, 2.45) is 0 Å². The van der Waals surface area contributed by atoms with Crippen LogP contribution in [0.2, 0.25) is 0 Å². The van der Waals surface area contributed by atoms with E-state index in [1.165, 1.54) is 11.3 Å². The van der Waals surface area contributed by atoms with Crippen LogP contribution in [-0.4, -0.2) is 11.5 Å². The van der Waals surface area contributed by atoms with Gasteiger partial charge in [0.05, 0.1) is 0 Å². The topological polar surface area (TPSA) is 44.9 Å². The summed E-state index contributed by atoms with van der Waals surface area (Å²) in [6, 6.07) is 10.0. The van der Waals surface area contributed by atoms with Crippen LogP contribution in [-0.2, 0) is 6.42 Å². The highest BCUT2D eigenvalue weighted by molar-refractivity contribution is 7.07. The van der Waals surface area contributed by atoms with Gasteiger partial charge in [0.25, 0.3) is 0 Å². The van der Waals surface area contributed by atoms with E-state index >= 15 is 0 Å². The number of aromatic amines is 1. The van der Waals surface area contributed by atoms with Crippen molar-refractivity contribution in [3.05, 3.63) is 51.1 Å². The maximum absolute atomic E-state index is 10.9. The Kier molecular flexibility index (Phi) is 3.19. The lowest BCUT2D eigenvalue weighted by molar-refractivity contribution is 0.970. The van der Waals surface area contributed by atoms with Gasteiger partial charge >= 0.3 is 4.87 Å². The molecule has 78 valence electrons. The molecule has 0 radical (unpaired) electrons. The van der Waals surface area contributed by atoms with Crippen molar-refractivity contribution in [3.8, 4) is 0 Å². The van der Waals surface area contributed by atoms with E-state index in [0.717, 1.165) is 24.3 Å². The summed E-state index contributed by atoms with van der Waals surface area (Å²) in [4.78, 5) is 13.7. The molecule has 2 aromatic rings. The first-order valence-corrected chi connectivity index (χ1v) is 5.68. The van der Waals surface area contributed by atoms with Gasteiger partial charge in [-0.1, -0.05) is 29.5 Å². The van der Waals surface area contributed by atoms with Crippen molar-refractivity contribution < 1.29 is 0 Å². The lowest BCUT2D eigenvalue weighted by atomic mass is 10.3. The molecule has 0 saturated carbocycles. The van der Waals surface area contributed by atoms with E-state index in [1.54, 1.807) is 0 Å². The van der Waals surface area contributed by atoms with Crippen molar-refractivity contribution in [2.75, 3.05) is 11.9 Å². The molecule has 0 aliphatic carbocycles. The lowest BCUT2D eigenvalue weighted by Gasteiger charge is -2.04. The van der Waals surface area contributed by atoms with Crippen LogP contribution in [0.15, 0.2) is 40.5 Å². The van der Waals surface area contributed by atoms with Gasteiger partial charge < -0.3 is 10.3 Å². The molecule has 0 amide bonds. The minimum Gasteiger partial charge on any atom is -0.385 e.